The lowest BCUT2D eigenvalue weighted by atomic mass is 9.46. The molecule has 0 saturated heterocycles. The Kier molecular flexibility index (Phi) is 6.64. The Balaban J connectivity index is 1.23. The summed E-state index contributed by atoms with van der Waals surface area (Å²) in [5.41, 5.74) is -0.626. The van der Waals surface area contributed by atoms with Crippen LogP contribution in [0.1, 0.15) is 56.5 Å². The SMILES string of the molecule is CC12C=CC(=O)C=C1CCC1C2C(O)CC2(C)C1CC[C@]2(OC(=O)c1ccco1)C(=O)CSc1nc2ccccc2s1. The Morgan fingerprint density at radius 3 is 2.81 bits per heavy atom. The van der Waals surface area contributed by atoms with E-state index in [1.54, 1.807) is 35.6 Å². The zero-order valence-electron chi connectivity index (χ0n) is 23.6. The average Bonchev–Trinajstić information content (AvgIpc) is 3.70. The van der Waals surface area contributed by atoms with Gasteiger partial charge in [-0.05, 0) is 80.4 Å². The number of nitrogens with zero attached hydrogens (tertiary/aromatic N) is 1. The normalized spacial score (nSPS) is 35.3. The number of carbonyl (C=O) groups is 3. The Labute approximate surface area is 252 Å². The fourth-order valence-electron chi connectivity index (χ4n) is 8.76. The Morgan fingerprint density at radius 2 is 2.02 bits per heavy atom. The minimum atomic E-state index is -1.41. The molecule has 4 aliphatic rings. The van der Waals surface area contributed by atoms with E-state index < -0.39 is 28.5 Å². The maximum absolute atomic E-state index is 14.4. The predicted octanol–water partition coefficient (Wildman–Crippen LogP) is 6.43. The van der Waals surface area contributed by atoms with E-state index in [9.17, 15) is 19.5 Å². The van der Waals surface area contributed by atoms with Gasteiger partial charge in [-0.15, -0.1) is 11.3 Å². The lowest BCUT2D eigenvalue weighted by Gasteiger charge is -2.59. The molecule has 1 N–H and O–H groups in total. The van der Waals surface area contributed by atoms with Crippen molar-refractivity contribution in [1.82, 2.24) is 4.98 Å². The van der Waals surface area contributed by atoms with Crippen LogP contribution in [0.2, 0.25) is 0 Å². The molecule has 2 heterocycles. The molecule has 6 unspecified atom stereocenters. The lowest BCUT2D eigenvalue weighted by molar-refractivity contribution is -0.176. The summed E-state index contributed by atoms with van der Waals surface area (Å²) in [5, 5.41) is 11.9. The second-order valence-corrected chi connectivity index (χ2v) is 14.9. The van der Waals surface area contributed by atoms with Crippen LogP contribution in [0.25, 0.3) is 10.2 Å². The molecule has 0 amide bonds. The largest absolute Gasteiger partial charge is 0.457 e. The smallest absolute Gasteiger partial charge is 0.375 e. The molecule has 0 radical (unpaired) electrons. The number of fused-ring (bicyclic) bond motifs is 6. The third-order valence-electron chi connectivity index (χ3n) is 10.7. The van der Waals surface area contributed by atoms with Crippen LogP contribution in [-0.2, 0) is 14.3 Å². The molecule has 218 valence electrons. The van der Waals surface area contributed by atoms with E-state index in [4.69, 9.17) is 9.15 Å². The average molecular weight is 604 g/mol. The van der Waals surface area contributed by atoms with E-state index in [-0.39, 0.29) is 40.8 Å². The number of aromatic nitrogens is 1. The van der Waals surface area contributed by atoms with Gasteiger partial charge >= 0.3 is 5.97 Å². The number of ether oxygens (including phenoxy) is 1. The van der Waals surface area contributed by atoms with Gasteiger partial charge in [0.2, 0.25) is 5.76 Å². The van der Waals surface area contributed by atoms with E-state index in [2.05, 4.69) is 11.9 Å². The van der Waals surface area contributed by atoms with Gasteiger partial charge < -0.3 is 14.3 Å². The van der Waals surface area contributed by atoms with Gasteiger partial charge in [0.25, 0.3) is 0 Å². The number of aliphatic hydroxyl groups is 1. The highest BCUT2D eigenvalue weighted by atomic mass is 32.2. The van der Waals surface area contributed by atoms with Crippen molar-refractivity contribution < 1.29 is 28.6 Å². The summed E-state index contributed by atoms with van der Waals surface area (Å²) in [6.07, 6.45) is 9.05. The molecular formula is C33H33NO6S2. The van der Waals surface area contributed by atoms with Crippen molar-refractivity contribution in [3.63, 3.8) is 0 Å². The number of hydrogen-bond donors (Lipinski definition) is 1. The van der Waals surface area contributed by atoms with Gasteiger partial charge in [0.05, 0.1) is 28.3 Å². The highest BCUT2D eigenvalue weighted by Crippen LogP contribution is 2.68. The number of ketones is 2. The van der Waals surface area contributed by atoms with Crippen molar-refractivity contribution in [3.05, 3.63) is 72.2 Å². The van der Waals surface area contributed by atoms with Crippen LogP contribution < -0.4 is 0 Å². The monoisotopic (exact) mass is 603 g/mol. The quantitative estimate of drug-likeness (QED) is 0.254. The molecule has 0 bridgehead atoms. The van der Waals surface area contributed by atoms with Gasteiger partial charge in [-0.3, -0.25) is 9.59 Å². The second kappa shape index (κ2) is 10.0. The molecule has 1 aromatic carbocycles. The molecule has 0 spiro atoms. The number of thiazole rings is 1. The summed E-state index contributed by atoms with van der Waals surface area (Å²) < 4.78 is 13.5. The number of para-hydroxylation sites is 1. The number of carbonyl (C=O) groups excluding carboxylic acids is 3. The standard InChI is InChI=1S/C33H33NO6S2/c1-31-13-11-20(35)16-19(31)9-10-21-22-12-14-33(32(22,2)17-24(36)28(21)31,40-29(38)25-7-5-15-39-25)27(37)18-41-30-34-23-6-3-4-8-26(23)42-30/h3-8,11,13,15-16,21-22,24,28,36H,9-10,12,14,17-18H2,1-2H3/t21?,22?,24?,28?,31?,32?,33-/m0/s1. The van der Waals surface area contributed by atoms with Gasteiger partial charge in [0.1, 0.15) is 0 Å². The molecule has 2 aromatic heterocycles. The number of rotatable bonds is 6. The number of esters is 1. The second-order valence-electron chi connectivity index (χ2n) is 12.6. The molecule has 42 heavy (non-hydrogen) atoms. The van der Waals surface area contributed by atoms with Gasteiger partial charge in [0, 0.05) is 16.7 Å². The topological polar surface area (TPSA) is 107 Å². The molecule has 7 atom stereocenters. The minimum Gasteiger partial charge on any atom is -0.457 e. The van der Waals surface area contributed by atoms with Crippen molar-refractivity contribution in [2.75, 3.05) is 5.75 Å². The van der Waals surface area contributed by atoms with E-state index >= 15 is 0 Å². The molecule has 7 nitrogen and oxygen atoms in total. The van der Waals surface area contributed by atoms with Crippen LogP contribution in [0.3, 0.4) is 0 Å². The number of allylic oxidation sites excluding steroid dienone is 4. The Morgan fingerprint density at radius 1 is 1.19 bits per heavy atom. The van der Waals surface area contributed by atoms with Crippen molar-refractivity contribution >= 4 is 50.9 Å². The maximum atomic E-state index is 14.4. The third-order valence-corrected chi connectivity index (χ3v) is 12.8. The number of benzene rings is 1. The summed E-state index contributed by atoms with van der Waals surface area (Å²) in [4.78, 5) is 44.7. The van der Waals surface area contributed by atoms with Crippen molar-refractivity contribution in [2.45, 2.75) is 62.0 Å². The molecule has 9 heteroatoms. The number of aliphatic hydroxyl groups excluding tert-OH is 1. The number of thioether (sulfide) groups is 1. The molecular weight excluding hydrogens is 570 g/mol. The van der Waals surface area contributed by atoms with Crippen molar-refractivity contribution in [3.8, 4) is 0 Å². The predicted molar refractivity (Wildman–Crippen MR) is 160 cm³/mol. The fraction of sp³-hybridized carbons (Fsp3) is 0.455. The fourth-order valence-corrected chi connectivity index (χ4v) is 10.8. The van der Waals surface area contributed by atoms with Crippen LogP contribution in [0.15, 0.2) is 75.2 Å². The van der Waals surface area contributed by atoms with E-state index in [0.717, 1.165) is 33.0 Å². The van der Waals surface area contributed by atoms with Gasteiger partial charge in [-0.25, -0.2) is 9.78 Å². The highest BCUT2D eigenvalue weighted by Gasteiger charge is 2.70. The van der Waals surface area contributed by atoms with Crippen LogP contribution in [0, 0.1) is 28.6 Å². The van der Waals surface area contributed by atoms with E-state index in [1.165, 1.54) is 18.0 Å². The third kappa shape index (κ3) is 4.11. The molecule has 0 aliphatic heterocycles. The first-order chi connectivity index (χ1) is 20.1. The zero-order valence-corrected chi connectivity index (χ0v) is 25.2. The molecule has 3 fully saturated rings. The first-order valence-corrected chi connectivity index (χ1v) is 16.4. The lowest BCUT2D eigenvalue weighted by Crippen LogP contribution is -2.62. The number of Topliss-reactive ketones (excluding diaryl/α,β-unsaturated/α-hetero) is 1. The zero-order chi connectivity index (χ0) is 29.3. The van der Waals surface area contributed by atoms with Crippen LogP contribution in [0.5, 0.6) is 0 Å². The van der Waals surface area contributed by atoms with Gasteiger partial charge in [-0.2, -0.15) is 0 Å². The van der Waals surface area contributed by atoms with E-state index in [1.807, 2.05) is 37.3 Å². The molecule has 4 aliphatic carbocycles. The Bertz CT molecular complexity index is 1610. The van der Waals surface area contributed by atoms with Gasteiger partial charge in [-0.1, -0.05) is 49.4 Å². The maximum Gasteiger partial charge on any atom is 0.375 e. The summed E-state index contributed by atoms with van der Waals surface area (Å²) in [6, 6.07) is 11.0. The number of furan rings is 1. The van der Waals surface area contributed by atoms with Gasteiger partial charge in [0.15, 0.2) is 21.5 Å². The van der Waals surface area contributed by atoms with Crippen LogP contribution >= 0.6 is 23.1 Å². The molecule has 3 aromatic rings. The van der Waals surface area contributed by atoms with Crippen LogP contribution in [0.4, 0.5) is 0 Å². The van der Waals surface area contributed by atoms with Crippen LogP contribution in [-0.4, -0.2) is 45.1 Å². The first-order valence-electron chi connectivity index (χ1n) is 14.6. The highest BCUT2D eigenvalue weighted by molar-refractivity contribution is 8.01. The van der Waals surface area contributed by atoms with Crippen molar-refractivity contribution in [2.24, 2.45) is 28.6 Å². The van der Waals surface area contributed by atoms with E-state index in [0.29, 0.717) is 19.3 Å². The minimum absolute atomic E-state index is 0.00277. The summed E-state index contributed by atoms with van der Waals surface area (Å²) in [6.45, 7) is 4.16. The Hall–Kier alpha value is -3.01. The molecule has 7 rings (SSSR count). The summed E-state index contributed by atoms with van der Waals surface area (Å²) in [5.74, 6) is -0.559. The number of hydrogen-bond acceptors (Lipinski definition) is 9. The summed E-state index contributed by atoms with van der Waals surface area (Å²) >= 11 is 2.91. The molecule has 3 saturated carbocycles. The summed E-state index contributed by atoms with van der Waals surface area (Å²) in [7, 11) is 0. The first kappa shape index (κ1) is 27.8. The van der Waals surface area contributed by atoms with Crippen molar-refractivity contribution in [1.29, 1.82) is 0 Å².